The van der Waals surface area contributed by atoms with Crippen LogP contribution in [0, 0.1) is 13.8 Å². The Morgan fingerprint density at radius 3 is 2.50 bits per heavy atom. The number of nitrogens with one attached hydrogen (secondary N) is 1. The van der Waals surface area contributed by atoms with Crippen molar-refractivity contribution in [2.75, 3.05) is 12.4 Å². The predicted octanol–water partition coefficient (Wildman–Crippen LogP) is 4.39. The Kier molecular flexibility index (Phi) is 5.54. The number of anilines is 1. The number of aryl methyl sites for hydroxylation is 2. The lowest BCUT2D eigenvalue weighted by molar-refractivity contribution is -0.116. The molecule has 28 heavy (non-hydrogen) atoms. The molecule has 5 nitrogen and oxygen atoms in total. The third kappa shape index (κ3) is 3.65. The highest BCUT2D eigenvalue weighted by atomic mass is 16.5. The molecular weight excluding hydrogens is 352 g/mol. The van der Waals surface area contributed by atoms with Crippen molar-refractivity contribution in [3.63, 3.8) is 0 Å². The first-order valence-corrected chi connectivity index (χ1v) is 9.40. The third-order valence-electron chi connectivity index (χ3n) is 5.01. The van der Waals surface area contributed by atoms with Crippen LogP contribution < -0.4 is 15.6 Å². The van der Waals surface area contributed by atoms with E-state index in [-0.39, 0.29) is 23.9 Å². The molecule has 5 heteroatoms. The monoisotopic (exact) mass is 378 g/mol. The van der Waals surface area contributed by atoms with Crippen molar-refractivity contribution in [3.8, 4) is 5.75 Å². The molecule has 0 saturated carbocycles. The molecular formula is C23H26N2O3. The number of carbonyl (C=O) groups is 1. The van der Waals surface area contributed by atoms with E-state index in [1.165, 1.54) is 4.57 Å². The number of fused-ring (bicyclic) bond motifs is 1. The summed E-state index contributed by atoms with van der Waals surface area (Å²) in [7, 11) is 1.56. The Morgan fingerprint density at radius 1 is 1.11 bits per heavy atom. The topological polar surface area (TPSA) is 60.3 Å². The lowest BCUT2D eigenvalue weighted by atomic mass is 9.98. The van der Waals surface area contributed by atoms with Crippen molar-refractivity contribution in [2.24, 2.45) is 0 Å². The SMILES string of the molecule is COc1cccc2c(C)cc(=O)n(CC(=O)Nc3c(C)cccc3C(C)C)c12. The summed E-state index contributed by atoms with van der Waals surface area (Å²) in [4.78, 5) is 25.6. The number of aromatic nitrogens is 1. The largest absolute Gasteiger partial charge is 0.495 e. The minimum atomic E-state index is -0.241. The Bertz CT molecular complexity index is 1100. The molecule has 0 bridgehead atoms. The summed E-state index contributed by atoms with van der Waals surface area (Å²) in [6, 6.07) is 13.1. The lowest BCUT2D eigenvalue weighted by Gasteiger charge is -2.18. The molecule has 146 valence electrons. The van der Waals surface area contributed by atoms with Crippen LogP contribution in [0.4, 0.5) is 5.69 Å². The normalized spacial score (nSPS) is 11.1. The number of nitrogens with zero attached hydrogens (tertiary/aromatic N) is 1. The molecule has 0 atom stereocenters. The molecule has 3 rings (SSSR count). The molecule has 1 N–H and O–H groups in total. The maximum atomic E-state index is 12.9. The highest BCUT2D eigenvalue weighted by Crippen LogP contribution is 2.28. The molecule has 0 unspecified atom stereocenters. The van der Waals surface area contributed by atoms with Crippen molar-refractivity contribution in [1.82, 2.24) is 4.57 Å². The van der Waals surface area contributed by atoms with Crippen LogP contribution in [0.3, 0.4) is 0 Å². The van der Waals surface area contributed by atoms with Gasteiger partial charge in [0.25, 0.3) is 5.56 Å². The molecule has 0 radical (unpaired) electrons. The van der Waals surface area contributed by atoms with E-state index in [0.29, 0.717) is 11.3 Å². The van der Waals surface area contributed by atoms with Gasteiger partial charge in [-0.1, -0.05) is 44.2 Å². The molecule has 0 aliphatic carbocycles. The van der Waals surface area contributed by atoms with Crippen molar-refractivity contribution in [1.29, 1.82) is 0 Å². The second-order valence-corrected chi connectivity index (χ2v) is 7.35. The van der Waals surface area contributed by atoms with Gasteiger partial charge in [0.1, 0.15) is 12.3 Å². The maximum absolute atomic E-state index is 12.9. The first-order chi connectivity index (χ1) is 13.3. The Balaban J connectivity index is 2.03. The quantitative estimate of drug-likeness (QED) is 0.716. The average molecular weight is 378 g/mol. The van der Waals surface area contributed by atoms with Crippen LogP contribution in [-0.4, -0.2) is 17.6 Å². The molecule has 2 aromatic carbocycles. The van der Waals surface area contributed by atoms with E-state index in [9.17, 15) is 9.59 Å². The van der Waals surface area contributed by atoms with Gasteiger partial charge >= 0.3 is 0 Å². The van der Waals surface area contributed by atoms with Gasteiger partial charge in [0.2, 0.25) is 5.91 Å². The predicted molar refractivity (Wildman–Crippen MR) is 113 cm³/mol. The zero-order valence-corrected chi connectivity index (χ0v) is 17.0. The molecule has 1 heterocycles. The van der Waals surface area contributed by atoms with Gasteiger partial charge in [0.05, 0.1) is 12.6 Å². The number of hydrogen-bond donors (Lipinski definition) is 1. The molecule has 0 fully saturated rings. The van der Waals surface area contributed by atoms with Crippen LogP contribution in [0.2, 0.25) is 0 Å². The molecule has 0 aliphatic rings. The van der Waals surface area contributed by atoms with E-state index < -0.39 is 0 Å². The number of methoxy groups -OCH3 is 1. The number of rotatable bonds is 5. The summed E-state index contributed by atoms with van der Waals surface area (Å²) in [5.41, 5.74) is 4.17. The smallest absolute Gasteiger partial charge is 0.251 e. The van der Waals surface area contributed by atoms with Gasteiger partial charge in [-0.2, -0.15) is 0 Å². The Hall–Kier alpha value is -3.08. The number of benzene rings is 2. The third-order valence-corrected chi connectivity index (χ3v) is 5.01. The lowest BCUT2D eigenvalue weighted by Crippen LogP contribution is -2.28. The van der Waals surface area contributed by atoms with E-state index in [2.05, 4.69) is 19.2 Å². The van der Waals surface area contributed by atoms with Gasteiger partial charge < -0.3 is 10.1 Å². The number of ether oxygens (including phenoxy) is 1. The summed E-state index contributed by atoms with van der Waals surface area (Å²) in [6.07, 6.45) is 0. The van der Waals surface area contributed by atoms with Crippen molar-refractivity contribution >= 4 is 22.5 Å². The second-order valence-electron chi connectivity index (χ2n) is 7.35. The van der Waals surface area contributed by atoms with Gasteiger partial charge in [-0.15, -0.1) is 0 Å². The van der Waals surface area contributed by atoms with Crippen LogP contribution in [-0.2, 0) is 11.3 Å². The van der Waals surface area contributed by atoms with E-state index in [4.69, 9.17) is 4.74 Å². The van der Waals surface area contributed by atoms with Gasteiger partial charge in [-0.25, -0.2) is 0 Å². The number of hydrogen-bond acceptors (Lipinski definition) is 3. The minimum absolute atomic E-state index is 0.0815. The number of amides is 1. The fraction of sp³-hybridized carbons (Fsp3) is 0.304. The number of carbonyl (C=O) groups excluding carboxylic acids is 1. The zero-order chi connectivity index (χ0) is 20.4. The van der Waals surface area contributed by atoms with Crippen molar-refractivity contribution in [2.45, 2.75) is 40.2 Å². The van der Waals surface area contributed by atoms with E-state index in [0.717, 1.165) is 27.8 Å². The number of pyridine rings is 1. The van der Waals surface area contributed by atoms with Gasteiger partial charge in [-0.05, 0) is 42.5 Å². The summed E-state index contributed by atoms with van der Waals surface area (Å²) in [6.45, 7) is 7.95. The molecule has 1 amide bonds. The van der Waals surface area contributed by atoms with E-state index in [1.54, 1.807) is 19.2 Å². The molecule has 3 aromatic rings. The fourth-order valence-electron chi connectivity index (χ4n) is 3.56. The highest BCUT2D eigenvalue weighted by Gasteiger charge is 2.16. The summed E-state index contributed by atoms with van der Waals surface area (Å²) in [5.74, 6) is 0.609. The highest BCUT2D eigenvalue weighted by molar-refractivity contribution is 5.94. The fourth-order valence-corrected chi connectivity index (χ4v) is 3.56. The number of para-hydroxylation sites is 2. The van der Waals surface area contributed by atoms with E-state index in [1.807, 2.05) is 44.2 Å². The first kappa shape index (κ1) is 19.7. The molecule has 1 aromatic heterocycles. The summed E-state index contributed by atoms with van der Waals surface area (Å²) < 4.78 is 6.93. The molecule has 0 saturated heterocycles. The average Bonchev–Trinajstić information content (AvgIpc) is 2.65. The first-order valence-electron chi connectivity index (χ1n) is 9.40. The Morgan fingerprint density at radius 2 is 1.82 bits per heavy atom. The van der Waals surface area contributed by atoms with Gasteiger partial charge in [-0.3, -0.25) is 14.2 Å². The standard InChI is InChI=1S/C23H26N2O3/c1-14(2)17-9-6-8-15(3)22(17)24-20(26)13-25-21(27)12-16(4)18-10-7-11-19(28-5)23(18)25/h6-12,14H,13H2,1-5H3,(H,24,26). The maximum Gasteiger partial charge on any atom is 0.251 e. The van der Waals surface area contributed by atoms with Crippen LogP contribution in [0.5, 0.6) is 5.75 Å². The van der Waals surface area contributed by atoms with Crippen LogP contribution in [0.25, 0.3) is 10.9 Å². The molecule has 0 aliphatic heterocycles. The molecule has 0 spiro atoms. The van der Waals surface area contributed by atoms with Gasteiger partial charge in [0.15, 0.2) is 0 Å². The van der Waals surface area contributed by atoms with E-state index >= 15 is 0 Å². The zero-order valence-electron chi connectivity index (χ0n) is 17.0. The Labute approximate surface area is 165 Å². The van der Waals surface area contributed by atoms with Crippen molar-refractivity contribution in [3.05, 3.63) is 69.5 Å². The minimum Gasteiger partial charge on any atom is -0.495 e. The van der Waals surface area contributed by atoms with Crippen LogP contribution >= 0.6 is 0 Å². The summed E-state index contributed by atoms with van der Waals surface area (Å²) >= 11 is 0. The summed E-state index contributed by atoms with van der Waals surface area (Å²) in [5, 5.41) is 3.91. The van der Waals surface area contributed by atoms with Gasteiger partial charge in [0, 0.05) is 17.1 Å². The van der Waals surface area contributed by atoms with Crippen molar-refractivity contribution < 1.29 is 9.53 Å². The van der Waals surface area contributed by atoms with Crippen LogP contribution in [0.1, 0.15) is 36.5 Å². The second kappa shape index (κ2) is 7.89. The van der Waals surface area contributed by atoms with Crippen LogP contribution in [0.15, 0.2) is 47.3 Å².